The van der Waals surface area contributed by atoms with Crippen molar-refractivity contribution in [2.75, 3.05) is 12.5 Å². The van der Waals surface area contributed by atoms with Gasteiger partial charge < -0.3 is 9.84 Å². The molecule has 0 bridgehead atoms. The normalized spacial score (nSPS) is 27.3. The molecule has 272 valence electrons. The van der Waals surface area contributed by atoms with Crippen molar-refractivity contribution in [3.05, 3.63) is 93.1 Å². The number of anilines is 1. The molecule has 2 aromatic carbocycles. The van der Waals surface area contributed by atoms with Crippen molar-refractivity contribution in [2.24, 2.45) is 23.7 Å². The van der Waals surface area contributed by atoms with E-state index in [0.717, 1.165) is 0 Å². The fraction of sp³-hybridized carbons (Fsp3) is 0.378. The van der Waals surface area contributed by atoms with Crippen LogP contribution in [0.2, 0.25) is 10.0 Å². The Morgan fingerprint density at radius 2 is 1.67 bits per heavy atom. The van der Waals surface area contributed by atoms with Gasteiger partial charge in [0.2, 0.25) is 11.8 Å². The van der Waals surface area contributed by atoms with Gasteiger partial charge >= 0.3 is 6.18 Å². The van der Waals surface area contributed by atoms with E-state index in [1.165, 1.54) is 18.1 Å². The average molecular weight is 758 g/mol. The van der Waals surface area contributed by atoms with Crippen LogP contribution in [0.1, 0.15) is 56.2 Å². The smallest absolute Gasteiger partial charge is 0.417 e. The largest absolute Gasteiger partial charge is 0.504 e. The highest BCUT2D eigenvalue weighted by molar-refractivity contribution is 6.33. The number of carbonyl (C=O) groups is 4. The molecule has 2 N–H and O–H groups in total. The first-order chi connectivity index (χ1) is 24.4. The average Bonchev–Trinajstić information content (AvgIpc) is 3.46. The third-order valence-electron chi connectivity index (χ3n) is 10.8. The van der Waals surface area contributed by atoms with Crippen molar-refractivity contribution < 1.29 is 42.2 Å². The quantitative estimate of drug-likeness (QED) is 0.213. The van der Waals surface area contributed by atoms with E-state index in [1.807, 2.05) is 6.08 Å². The van der Waals surface area contributed by atoms with Crippen LogP contribution >= 0.6 is 23.2 Å². The summed E-state index contributed by atoms with van der Waals surface area (Å²) in [5.74, 6) is -7.47. The Labute approximate surface area is 306 Å². The summed E-state index contributed by atoms with van der Waals surface area (Å²) in [6.45, 7) is 5.29. The summed E-state index contributed by atoms with van der Waals surface area (Å²) < 4.78 is 45.8. The number of benzene rings is 2. The Bertz CT molecular complexity index is 2070. The second kappa shape index (κ2) is 12.2. The van der Waals surface area contributed by atoms with Crippen molar-refractivity contribution in [3.63, 3.8) is 0 Å². The lowest BCUT2D eigenvalue weighted by molar-refractivity contribution is -0.146. The molecule has 6 atom stereocenters. The molecule has 1 aromatic heterocycles. The molecule has 3 heterocycles. The molecule has 2 aliphatic heterocycles. The zero-order valence-electron chi connectivity index (χ0n) is 28.3. The van der Waals surface area contributed by atoms with Crippen LogP contribution in [0.5, 0.6) is 11.5 Å². The molecule has 7 rings (SSSR count). The van der Waals surface area contributed by atoms with E-state index in [1.54, 1.807) is 57.2 Å². The Kier molecular flexibility index (Phi) is 8.41. The van der Waals surface area contributed by atoms with Gasteiger partial charge in [-0.3, -0.25) is 29.5 Å². The van der Waals surface area contributed by atoms with Crippen LogP contribution in [0, 0.1) is 23.7 Å². The van der Waals surface area contributed by atoms with Crippen LogP contribution in [-0.4, -0.2) is 56.3 Å². The number of likely N-dealkylation sites (tertiary alicyclic amines) is 1. The number of hydrazine groups is 1. The number of imide groups is 2. The SMILES string of the molecule is COc1cccc([C@H]2C3=CC[C@@H]4C(=O)N(C(C)(C)C)C(=O)[C@@H]4[C@@H]3C[C@H]3C(=O)N(Nc4ncc(C(F)(F)F)cc4Cl)C(=O)[C@@]23c2ccc(Cl)cc2)c1O. The number of phenols is 1. The molecule has 2 aliphatic carbocycles. The number of hydrogen-bond acceptors (Lipinski definition) is 8. The van der Waals surface area contributed by atoms with E-state index in [-0.39, 0.29) is 41.6 Å². The first-order valence-corrected chi connectivity index (χ1v) is 17.3. The number of aromatic hydroxyl groups is 1. The molecule has 0 spiro atoms. The second-order valence-corrected chi connectivity index (χ2v) is 15.3. The minimum Gasteiger partial charge on any atom is -0.504 e. The standard InChI is InChI=1S/C37H33Cl2F3N4O6/c1-35(2,3)45-31(48)21-13-12-20-23(27(21)33(45)50)15-24-32(49)46(44-30-25(39)14-18(16-43-30)37(40,41)42)34(51)36(24,17-8-10-19(38)11-9-17)28(20)22-6-5-7-26(52-4)29(22)47/h5-12,14,16,21,23-24,27-28,47H,13,15H2,1-4H3,(H,43,44)/t21-,23+,24-,27-,28+,36+/m0/s1. The number of rotatable bonds is 5. The van der Waals surface area contributed by atoms with Gasteiger partial charge in [0, 0.05) is 28.2 Å². The Balaban J connectivity index is 1.46. The number of nitrogens with zero attached hydrogens (tertiary/aromatic N) is 3. The molecule has 52 heavy (non-hydrogen) atoms. The third-order valence-corrected chi connectivity index (χ3v) is 11.3. The highest BCUT2D eigenvalue weighted by Gasteiger charge is 2.71. The van der Waals surface area contributed by atoms with Crippen LogP contribution in [0.4, 0.5) is 19.0 Å². The minimum absolute atomic E-state index is 0.0508. The highest BCUT2D eigenvalue weighted by atomic mass is 35.5. The van der Waals surface area contributed by atoms with Gasteiger partial charge in [0.1, 0.15) is 0 Å². The number of alkyl halides is 3. The van der Waals surface area contributed by atoms with Crippen molar-refractivity contribution >= 4 is 52.6 Å². The summed E-state index contributed by atoms with van der Waals surface area (Å²) in [6, 6.07) is 11.7. The molecule has 4 amide bonds. The van der Waals surface area contributed by atoms with Crippen LogP contribution in [-0.2, 0) is 30.8 Å². The van der Waals surface area contributed by atoms with E-state index in [2.05, 4.69) is 10.4 Å². The van der Waals surface area contributed by atoms with Gasteiger partial charge in [-0.2, -0.15) is 18.2 Å². The van der Waals surface area contributed by atoms with E-state index in [4.69, 9.17) is 27.9 Å². The first kappa shape index (κ1) is 35.8. The highest BCUT2D eigenvalue weighted by Crippen LogP contribution is 2.65. The third kappa shape index (κ3) is 5.18. The zero-order valence-corrected chi connectivity index (χ0v) is 29.8. The lowest BCUT2D eigenvalue weighted by Gasteiger charge is -2.50. The van der Waals surface area contributed by atoms with Gasteiger partial charge in [-0.15, -0.1) is 0 Å². The molecule has 2 saturated heterocycles. The maximum absolute atomic E-state index is 15.2. The summed E-state index contributed by atoms with van der Waals surface area (Å²) in [7, 11) is 1.37. The maximum atomic E-state index is 15.2. The number of fused-ring (bicyclic) bond motifs is 4. The first-order valence-electron chi connectivity index (χ1n) is 16.5. The summed E-state index contributed by atoms with van der Waals surface area (Å²) in [6.07, 6.45) is -2.27. The Hall–Kier alpha value is -4.62. The number of carbonyl (C=O) groups excluding carboxylic acids is 4. The van der Waals surface area contributed by atoms with Crippen LogP contribution < -0.4 is 10.2 Å². The summed E-state index contributed by atoms with van der Waals surface area (Å²) >= 11 is 12.5. The van der Waals surface area contributed by atoms with Crippen LogP contribution in [0.25, 0.3) is 0 Å². The lowest BCUT2D eigenvalue weighted by Crippen LogP contribution is -2.53. The number of allylic oxidation sites excluding steroid dienone is 2. The van der Waals surface area contributed by atoms with Crippen molar-refractivity contribution in [1.82, 2.24) is 14.9 Å². The van der Waals surface area contributed by atoms with E-state index >= 15 is 4.79 Å². The fourth-order valence-electron chi connectivity index (χ4n) is 8.73. The number of methoxy groups -OCH3 is 1. The molecular formula is C37H33Cl2F3N4O6. The molecule has 0 unspecified atom stereocenters. The molecule has 10 nitrogen and oxygen atoms in total. The van der Waals surface area contributed by atoms with Gasteiger partial charge in [-0.05, 0) is 69.4 Å². The topological polar surface area (TPSA) is 129 Å². The molecule has 0 radical (unpaired) electrons. The molecule has 3 aromatic rings. The monoisotopic (exact) mass is 756 g/mol. The van der Waals surface area contributed by atoms with E-state index < -0.39 is 75.0 Å². The van der Waals surface area contributed by atoms with Gasteiger partial charge in [-0.25, -0.2) is 4.98 Å². The number of halogens is 5. The Morgan fingerprint density at radius 3 is 2.29 bits per heavy atom. The van der Waals surface area contributed by atoms with Crippen LogP contribution in [0.3, 0.4) is 0 Å². The van der Waals surface area contributed by atoms with Gasteiger partial charge in [-0.1, -0.05) is 59.1 Å². The number of ether oxygens (including phenoxy) is 1. The number of phenolic OH excluding ortho intramolecular Hbond substituents is 1. The van der Waals surface area contributed by atoms with E-state index in [0.29, 0.717) is 33.4 Å². The zero-order chi connectivity index (χ0) is 37.7. The van der Waals surface area contributed by atoms with Crippen LogP contribution in [0.15, 0.2) is 66.4 Å². The predicted octanol–water partition coefficient (Wildman–Crippen LogP) is 6.90. The summed E-state index contributed by atoms with van der Waals surface area (Å²) in [5.41, 5.74) is -0.00281. The Morgan fingerprint density at radius 1 is 0.981 bits per heavy atom. The summed E-state index contributed by atoms with van der Waals surface area (Å²) in [4.78, 5) is 63.1. The number of amides is 4. The fourth-order valence-corrected chi connectivity index (χ4v) is 9.06. The number of aromatic nitrogens is 1. The lowest BCUT2D eigenvalue weighted by atomic mass is 9.49. The number of para-hydroxylation sites is 1. The van der Waals surface area contributed by atoms with Crippen molar-refractivity contribution in [1.29, 1.82) is 0 Å². The molecule has 15 heteroatoms. The number of pyridine rings is 1. The maximum Gasteiger partial charge on any atom is 0.417 e. The molecule has 1 saturated carbocycles. The summed E-state index contributed by atoms with van der Waals surface area (Å²) in [5, 5.41) is 12.3. The van der Waals surface area contributed by atoms with Crippen molar-refractivity contribution in [2.45, 2.75) is 56.7 Å². The molecular weight excluding hydrogens is 724 g/mol. The van der Waals surface area contributed by atoms with E-state index in [9.17, 15) is 32.7 Å². The second-order valence-electron chi connectivity index (χ2n) is 14.5. The minimum atomic E-state index is -4.75. The molecule has 4 aliphatic rings. The van der Waals surface area contributed by atoms with Gasteiger partial charge in [0.05, 0.1) is 40.9 Å². The number of nitrogens with one attached hydrogen (secondary N) is 1. The van der Waals surface area contributed by atoms with Gasteiger partial charge in [0.25, 0.3) is 11.8 Å². The predicted molar refractivity (Wildman–Crippen MR) is 183 cm³/mol. The number of hydrogen-bond donors (Lipinski definition) is 2. The van der Waals surface area contributed by atoms with Crippen molar-refractivity contribution in [3.8, 4) is 11.5 Å². The van der Waals surface area contributed by atoms with Gasteiger partial charge in [0.15, 0.2) is 17.3 Å². The molecule has 3 fully saturated rings.